The molecule has 8 aromatic carbocycles. The second-order valence-corrected chi connectivity index (χ2v) is 16.9. The minimum absolute atomic E-state index is 0.157. The van der Waals surface area contributed by atoms with Gasteiger partial charge in [0, 0.05) is 24.1 Å². The predicted octanol–water partition coefficient (Wildman–Crippen LogP) is 13.1. The largest absolute Gasteiger partial charge is 0.497 e. The molecule has 0 amide bonds. The van der Waals surface area contributed by atoms with Crippen LogP contribution in [0.25, 0.3) is 0 Å². The van der Waals surface area contributed by atoms with Crippen LogP contribution < -0.4 is 9.47 Å². The lowest BCUT2D eigenvalue weighted by atomic mass is 9.84. The Morgan fingerprint density at radius 3 is 0.909 bits per heavy atom. The van der Waals surface area contributed by atoms with Gasteiger partial charge >= 0.3 is 11.9 Å². The number of ether oxygens (including phenoxy) is 2. The minimum atomic E-state index is -0.966. The third-order valence-corrected chi connectivity index (χ3v) is 13.4. The van der Waals surface area contributed by atoms with Crippen LogP contribution in [0.4, 0.5) is 0 Å². The molecule has 10 heteroatoms. The van der Waals surface area contributed by atoms with E-state index in [4.69, 9.17) is 17.8 Å². The van der Waals surface area contributed by atoms with Crippen molar-refractivity contribution in [2.24, 2.45) is 0 Å². The first-order chi connectivity index (χ1) is 32.3. The molecule has 2 N–H and O–H groups in total. The van der Waals surface area contributed by atoms with Crippen molar-refractivity contribution in [3.63, 3.8) is 0 Å². The van der Waals surface area contributed by atoms with E-state index in [2.05, 4.69) is 48.5 Å². The lowest BCUT2D eigenvalue weighted by Crippen LogP contribution is -2.26. The fourth-order valence-corrected chi connectivity index (χ4v) is 9.82. The van der Waals surface area contributed by atoms with Gasteiger partial charge in [0.15, 0.2) is 0 Å². The van der Waals surface area contributed by atoms with Gasteiger partial charge < -0.3 is 28.1 Å². The van der Waals surface area contributed by atoms with Gasteiger partial charge in [-0.05, 0) is 80.9 Å². The first-order valence-electron chi connectivity index (χ1n) is 21.0. The van der Waals surface area contributed by atoms with E-state index in [1.165, 1.54) is 24.1 Å². The zero-order chi connectivity index (χ0) is 46.2. The Hall–Kier alpha value is -7.08. The normalized spacial score (nSPS) is 11.2. The van der Waals surface area contributed by atoms with E-state index in [-0.39, 0.29) is 24.3 Å². The molecule has 0 unspecified atom stereocenters. The van der Waals surface area contributed by atoms with Gasteiger partial charge in [-0.3, -0.25) is 0 Å². The van der Waals surface area contributed by atoms with Gasteiger partial charge in [0.1, 0.15) is 21.0 Å². The van der Waals surface area contributed by atoms with Crippen LogP contribution in [0.2, 0.25) is 0 Å². The van der Waals surface area contributed by atoms with Crippen LogP contribution in [0.15, 0.2) is 218 Å². The van der Waals surface area contributed by atoms with Gasteiger partial charge in [-0.25, -0.2) is 9.59 Å². The maximum atomic E-state index is 11.6. The zero-order valence-electron chi connectivity index (χ0n) is 36.4. The first-order valence-corrected chi connectivity index (χ1v) is 22.5. The van der Waals surface area contributed by atoms with Crippen molar-refractivity contribution >= 4 is 36.0 Å². The Morgan fingerprint density at radius 2 is 0.636 bits per heavy atom. The molecule has 8 nitrogen and oxygen atoms in total. The molecule has 0 aliphatic heterocycles. The highest BCUT2D eigenvalue weighted by atomic mass is 32.2. The molecule has 0 aromatic heterocycles. The highest BCUT2D eigenvalue weighted by Crippen LogP contribution is 2.51. The summed E-state index contributed by atoms with van der Waals surface area (Å²) in [6.45, 7) is 0.315. The molecule has 0 bridgehead atoms. The average Bonchev–Trinajstić information content (AvgIpc) is 3.38. The molecule has 0 aliphatic rings. The Bertz CT molecular complexity index is 2500. The zero-order valence-corrected chi connectivity index (χ0v) is 38.0. The molecule has 8 aromatic rings. The maximum absolute atomic E-state index is 11.6. The molecule has 0 spiro atoms. The highest BCUT2D eigenvalue weighted by molar-refractivity contribution is 7.96. The van der Waals surface area contributed by atoms with E-state index >= 15 is 0 Å². The monoisotopic (exact) mass is 912 g/mol. The number of benzene rings is 8. The van der Waals surface area contributed by atoms with Crippen molar-refractivity contribution in [2.45, 2.75) is 22.7 Å². The number of aromatic carboxylic acids is 2. The number of hydrogen-bond donors (Lipinski definition) is 2. The molecule has 0 saturated heterocycles. The van der Waals surface area contributed by atoms with Crippen LogP contribution in [0, 0.1) is 0 Å². The van der Waals surface area contributed by atoms with Crippen LogP contribution in [0.3, 0.4) is 0 Å². The fourth-order valence-electron chi connectivity index (χ4n) is 7.70. The molecule has 332 valence electrons. The number of rotatable bonds is 18. The standard InChI is InChI=1S/2C28H24O4S/c2*1-31-25-18-16-24(17-19-25)28(22-11-4-2-5-12-22,23-13-6-3-7-14-23)33-32-20-21-10-8-9-15-26(21)27(29)30/h2*2-19H,20H2,1H3,(H,29,30). The topological polar surface area (TPSA) is 112 Å². The molecule has 0 saturated carbocycles. The van der Waals surface area contributed by atoms with Crippen LogP contribution in [-0.2, 0) is 31.1 Å². The van der Waals surface area contributed by atoms with Gasteiger partial charge in [0.2, 0.25) is 0 Å². The van der Waals surface area contributed by atoms with E-state index in [0.717, 1.165) is 44.9 Å². The molecule has 66 heavy (non-hydrogen) atoms. The summed E-state index contributed by atoms with van der Waals surface area (Å²) < 4.78 is 21.8. The highest BCUT2D eigenvalue weighted by Gasteiger charge is 2.40. The summed E-state index contributed by atoms with van der Waals surface area (Å²) in [5.74, 6) is -0.386. The van der Waals surface area contributed by atoms with Gasteiger partial charge in [0.05, 0.1) is 38.6 Å². The summed E-state index contributed by atoms with van der Waals surface area (Å²) in [7, 11) is 3.29. The fraction of sp³-hybridized carbons (Fsp3) is 0.107. The van der Waals surface area contributed by atoms with E-state index in [0.29, 0.717) is 11.1 Å². The number of carboxylic acid groups (broad SMARTS) is 2. The summed E-state index contributed by atoms with van der Waals surface area (Å²) in [4.78, 5) is 23.3. The SMILES string of the molecule is COc1ccc(C(SOCc2ccccc2C(=O)O)(c2ccccc2)c2ccccc2)cc1.COc1ccc(C(SOCc2ccccc2C(=O)O)(c2ccccc2)c2ccccc2)cc1. The molecule has 0 aliphatic carbocycles. The summed E-state index contributed by atoms with van der Waals surface area (Å²) in [6, 6.07) is 70.5. The average molecular weight is 913 g/mol. The van der Waals surface area contributed by atoms with Gasteiger partial charge in [0.25, 0.3) is 0 Å². The maximum Gasteiger partial charge on any atom is 0.336 e. The van der Waals surface area contributed by atoms with Crippen molar-refractivity contribution in [3.8, 4) is 11.5 Å². The summed E-state index contributed by atoms with van der Waals surface area (Å²) >= 11 is 2.65. The lowest BCUT2D eigenvalue weighted by molar-refractivity contribution is 0.0683. The Kier molecular flexibility index (Phi) is 16.1. The molecule has 0 fully saturated rings. The second kappa shape index (κ2) is 22.7. The first kappa shape index (κ1) is 46.9. The summed E-state index contributed by atoms with van der Waals surface area (Å²) in [5.41, 5.74) is 8.01. The minimum Gasteiger partial charge on any atom is -0.497 e. The Morgan fingerprint density at radius 1 is 0.379 bits per heavy atom. The van der Waals surface area contributed by atoms with Crippen LogP contribution >= 0.6 is 24.1 Å². The third-order valence-electron chi connectivity index (χ3n) is 11.0. The number of hydrogen-bond acceptors (Lipinski definition) is 8. The summed E-state index contributed by atoms with van der Waals surface area (Å²) in [6.07, 6.45) is 0. The van der Waals surface area contributed by atoms with E-state index in [1.54, 1.807) is 50.6 Å². The Balaban J connectivity index is 0.000000196. The van der Waals surface area contributed by atoms with Crippen LogP contribution in [0.5, 0.6) is 11.5 Å². The molecular formula is C56H48O8S2. The van der Waals surface area contributed by atoms with E-state index < -0.39 is 21.4 Å². The van der Waals surface area contributed by atoms with Crippen molar-refractivity contribution < 1.29 is 37.6 Å². The van der Waals surface area contributed by atoms with Gasteiger partial charge in [-0.2, -0.15) is 0 Å². The molecule has 0 radical (unpaired) electrons. The van der Waals surface area contributed by atoms with Crippen molar-refractivity contribution in [2.75, 3.05) is 14.2 Å². The Labute approximate surface area is 394 Å². The predicted molar refractivity (Wildman–Crippen MR) is 263 cm³/mol. The third kappa shape index (κ3) is 10.7. The smallest absolute Gasteiger partial charge is 0.336 e. The summed E-state index contributed by atoms with van der Waals surface area (Å²) in [5, 5.41) is 19.1. The lowest BCUT2D eigenvalue weighted by Gasteiger charge is -2.34. The molecule has 0 atom stereocenters. The number of carboxylic acids is 2. The molecular weight excluding hydrogens is 865 g/mol. The van der Waals surface area contributed by atoms with Crippen molar-refractivity contribution in [1.82, 2.24) is 0 Å². The second-order valence-electron chi connectivity index (χ2n) is 14.9. The van der Waals surface area contributed by atoms with E-state index in [1.807, 2.05) is 133 Å². The van der Waals surface area contributed by atoms with Crippen LogP contribution in [-0.4, -0.2) is 36.4 Å². The van der Waals surface area contributed by atoms with Crippen molar-refractivity contribution in [1.29, 1.82) is 0 Å². The van der Waals surface area contributed by atoms with Crippen LogP contribution in [0.1, 0.15) is 65.2 Å². The number of carbonyl (C=O) groups is 2. The van der Waals surface area contributed by atoms with E-state index in [9.17, 15) is 19.8 Å². The molecule has 8 rings (SSSR count). The van der Waals surface area contributed by atoms with Gasteiger partial charge in [-0.15, -0.1) is 0 Å². The molecule has 0 heterocycles. The van der Waals surface area contributed by atoms with Gasteiger partial charge in [-0.1, -0.05) is 182 Å². The van der Waals surface area contributed by atoms with Crippen molar-refractivity contribution in [3.05, 3.63) is 274 Å². The quantitative estimate of drug-likeness (QED) is 0.0637. The number of methoxy groups -OCH3 is 2.